The zero-order chi connectivity index (χ0) is 15.7. The summed E-state index contributed by atoms with van der Waals surface area (Å²) in [5.41, 5.74) is 1.79. The van der Waals surface area contributed by atoms with Crippen LogP contribution in [-0.2, 0) is 11.2 Å². The van der Waals surface area contributed by atoms with Gasteiger partial charge in [-0.05, 0) is 35.8 Å². The topological polar surface area (TPSA) is 60.8 Å². The maximum atomic E-state index is 12.5. The van der Waals surface area contributed by atoms with Crippen LogP contribution in [0.5, 0.6) is 0 Å². The molecule has 2 aromatic rings. The summed E-state index contributed by atoms with van der Waals surface area (Å²) in [6.45, 7) is 3.07. The van der Waals surface area contributed by atoms with Crippen molar-refractivity contribution in [1.82, 2.24) is 4.90 Å². The van der Waals surface area contributed by atoms with Crippen LogP contribution in [0.2, 0.25) is 0 Å². The zero-order valence-corrected chi connectivity index (χ0v) is 13.3. The lowest BCUT2D eigenvalue weighted by Crippen LogP contribution is -2.37. The third kappa shape index (κ3) is 2.95. The molecule has 0 bridgehead atoms. The number of aryl methyl sites for hydroxylation is 1. The first-order chi connectivity index (χ1) is 10.6. The van der Waals surface area contributed by atoms with E-state index in [9.17, 15) is 4.79 Å². The van der Waals surface area contributed by atoms with Crippen LogP contribution in [0.1, 0.15) is 16.9 Å². The number of nitrogens with zero attached hydrogens (tertiary/aromatic N) is 1. The summed E-state index contributed by atoms with van der Waals surface area (Å²) < 4.78 is 1.21. The summed E-state index contributed by atoms with van der Waals surface area (Å²) in [6, 6.07) is 8.21. The number of amides is 1. The minimum atomic E-state index is -1.40. The molecule has 1 amide bonds. The van der Waals surface area contributed by atoms with Gasteiger partial charge in [0.1, 0.15) is 0 Å². The molecule has 1 aromatic heterocycles. The van der Waals surface area contributed by atoms with Gasteiger partial charge >= 0.3 is 7.12 Å². The molecule has 2 N–H and O–H groups in total. The van der Waals surface area contributed by atoms with E-state index in [0.29, 0.717) is 31.4 Å². The van der Waals surface area contributed by atoms with E-state index in [1.54, 1.807) is 22.3 Å². The summed E-state index contributed by atoms with van der Waals surface area (Å²) in [5, 5.41) is 19.5. The standard InChI is InChI=1S/C16H18BNO3S/c1-11-13-4-2-3-5-14(13)22-15(11)10-16(19)18-8-6-12(7-9-18)17(20)21/h2-6,20-21H,7-10H2,1H3. The Morgan fingerprint density at radius 1 is 1.36 bits per heavy atom. The van der Waals surface area contributed by atoms with E-state index < -0.39 is 7.12 Å². The Morgan fingerprint density at radius 2 is 2.14 bits per heavy atom. The van der Waals surface area contributed by atoms with Crippen LogP contribution in [0.25, 0.3) is 10.1 Å². The highest BCUT2D eigenvalue weighted by molar-refractivity contribution is 7.19. The average Bonchev–Trinajstić information content (AvgIpc) is 2.84. The second kappa shape index (κ2) is 6.24. The molecule has 0 spiro atoms. The maximum Gasteiger partial charge on any atom is 0.483 e. The molecule has 0 saturated carbocycles. The van der Waals surface area contributed by atoms with Gasteiger partial charge in [0.25, 0.3) is 0 Å². The molecule has 2 heterocycles. The minimum absolute atomic E-state index is 0.0948. The maximum absolute atomic E-state index is 12.5. The van der Waals surface area contributed by atoms with Crippen molar-refractivity contribution < 1.29 is 14.8 Å². The van der Waals surface area contributed by atoms with Gasteiger partial charge in [0.2, 0.25) is 5.91 Å². The van der Waals surface area contributed by atoms with Crippen molar-refractivity contribution in [2.75, 3.05) is 13.1 Å². The summed E-state index contributed by atoms with van der Waals surface area (Å²) in [7, 11) is -1.40. The molecule has 1 aliphatic heterocycles. The Morgan fingerprint density at radius 3 is 2.77 bits per heavy atom. The predicted octanol–water partition coefficient (Wildman–Crippen LogP) is 1.92. The van der Waals surface area contributed by atoms with Crippen molar-refractivity contribution in [3.8, 4) is 0 Å². The molecule has 0 unspecified atom stereocenters. The number of carbonyl (C=O) groups excluding carboxylic acids is 1. The summed E-state index contributed by atoms with van der Waals surface area (Å²) >= 11 is 1.68. The lowest BCUT2D eigenvalue weighted by Gasteiger charge is -2.26. The number of fused-ring (bicyclic) bond motifs is 1. The molecule has 1 aliphatic rings. The van der Waals surface area contributed by atoms with Crippen molar-refractivity contribution in [2.24, 2.45) is 0 Å². The van der Waals surface area contributed by atoms with Crippen molar-refractivity contribution >= 4 is 34.4 Å². The monoisotopic (exact) mass is 315 g/mol. The second-order valence-corrected chi connectivity index (χ2v) is 6.70. The van der Waals surface area contributed by atoms with Crippen molar-refractivity contribution in [3.05, 3.63) is 46.3 Å². The van der Waals surface area contributed by atoms with Crippen LogP contribution >= 0.6 is 11.3 Å². The van der Waals surface area contributed by atoms with Gasteiger partial charge in [-0.1, -0.05) is 24.3 Å². The SMILES string of the molecule is Cc1c(CC(=O)N2CC=C(B(O)O)CC2)sc2ccccc12. The molecule has 3 rings (SSSR count). The molecule has 6 heteroatoms. The Labute approximate surface area is 133 Å². The first-order valence-corrected chi connectivity index (χ1v) is 8.17. The van der Waals surface area contributed by atoms with E-state index in [1.165, 1.54) is 15.6 Å². The van der Waals surface area contributed by atoms with Crippen molar-refractivity contribution in [1.29, 1.82) is 0 Å². The fraction of sp³-hybridized carbons (Fsp3) is 0.312. The summed E-state index contributed by atoms with van der Waals surface area (Å²) in [6.07, 6.45) is 2.68. The van der Waals surface area contributed by atoms with Gasteiger partial charge in [0.15, 0.2) is 0 Å². The van der Waals surface area contributed by atoms with Crippen LogP contribution in [0.15, 0.2) is 35.8 Å². The summed E-state index contributed by atoms with van der Waals surface area (Å²) in [5.74, 6) is 0.0948. The first kappa shape index (κ1) is 15.3. The number of benzene rings is 1. The predicted molar refractivity (Wildman–Crippen MR) is 89.7 cm³/mol. The van der Waals surface area contributed by atoms with E-state index in [-0.39, 0.29) is 5.91 Å². The first-order valence-electron chi connectivity index (χ1n) is 7.36. The highest BCUT2D eigenvalue weighted by Gasteiger charge is 2.23. The molecule has 0 aliphatic carbocycles. The lowest BCUT2D eigenvalue weighted by molar-refractivity contribution is -0.130. The Balaban J connectivity index is 1.73. The molecule has 0 saturated heterocycles. The van der Waals surface area contributed by atoms with Gasteiger partial charge in [0.05, 0.1) is 6.42 Å². The van der Waals surface area contributed by atoms with E-state index in [4.69, 9.17) is 10.0 Å². The Bertz CT molecular complexity index is 738. The molecular formula is C16H18BNO3S. The fourth-order valence-corrected chi connectivity index (χ4v) is 3.99. The van der Waals surface area contributed by atoms with Crippen LogP contribution < -0.4 is 0 Å². The molecule has 4 nitrogen and oxygen atoms in total. The minimum Gasteiger partial charge on any atom is -0.423 e. The van der Waals surface area contributed by atoms with E-state index in [2.05, 4.69) is 19.1 Å². The Kier molecular flexibility index (Phi) is 4.33. The quantitative estimate of drug-likeness (QED) is 0.851. The second-order valence-electron chi connectivity index (χ2n) is 5.57. The van der Waals surface area contributed by atoms with Crippen LogP contribution in [0, 0.1) is 6.92 Å². The molecule has 0 radical (unpaired) electrons. The molecule has 1 aromatic carbocycles. The van der Waals surface area contributed by atoms with Crippen LogP contribution in [0.3, 0.4) is 0 Å². The lowest BCUT2D eigenvalue weighted by atomic mass is 9.76. The van der Waals surface area contributed by atoms with Gasteiger partial charge in [0, 0.05) is 22.7 Å². The van der Waals surface area contributed by atoms with Gasteiger partial charge in [-0.3, -0.25) is 4.79 Å². The third-order valence-electron chi connectivity index (χ3n) is 4.18. The number of thiophene rings is 1. The fourth-order valence-electron chi connectivity index (χ4n) is 2.79. The van der Waals surface area contributed by atoms with E-state index >= 15 is 0 Å². The average molecular weight is 315 g/mol. The van der Waals surface area contributed by atoms with Gasteiger partial charge in [-0.25, -0.2) is 0 Å². The highest BCUT2D eigenvalue weighted by atomic mass is 32.1. The van der Waals surface area contributed by atoms with Crippen LogP contribution in [0.4, 0.5) is 0 Å². The largest absolute Gasteiger partial charge is 0.483 e. The number of carbonyl (C=O) groups is 1. The van der Waals surface area contributed by atoms with Gasteiger partial charge in [-0.2, -0.15) is 0 Å². The zero-order valence-electron chi connectivity index (χ0n) is 12.5. The van der Waals surface area contributed by atoms with Gasteiger partial charge in [-0.15, -0.1) is 11.3 Å². The molecule has 0 fully saturated rings. The molecular weight excluding hydrogens is 297 g/mol. The molecule has 114 valence electrons. The number of hydrogen-bond donors (Lipinski definition) is 2. The third-order valence-corrected chi connectivity index (χ3v) is 5.46. The number of hydrogen-bond acceptors (Lipinski definition) is 4. The highest BCUT2D eigenvalue weighted by Crippen LogP contribution is 2.31. The normalized spacial score (nSPS) is 15.0. The van der Waals surface area contributed by atoms with E-state index in [0.717, 1.165) is 4.88 Å². The smallest absolute Gasteiger partial charge is 0.423 e. The van der Waals surface area contributed by atoms with Crippen LogP contribution in [-0.4, -0.2) is 41.1 Å². The Hall–Kier alpha value is -1.63. The number of rotatable bonds is 3. The molecule has 0 atom stereocenters. The van der Waals surface area contributed by atoms with Crippen molar-refractivity contribution in [2.45, 2.75) is 19.8 Å². The summed E-state index contributed by atoms with van der Waals surface area (Å²) in [4.78, 5) is 15.3. The van der Waals surface area contributed by atoms with E-state index in [1.807, 2.05) is 12.1 Å². The molecule has 22 heavy (non-hydrogen) atoms. The van der Waals surface area contributed by atoms with Gasteiger partial charge < -0.3 is 14.9 Å². The van der Waals surface area contributed by atoms with Crippen molar-refractivity contribution in [3.63, 3.8) is 0 Å².